The van der Waals surface area contributed by atoms with E-state index in [1.807, 2.05) is 42.5 Å². The standard InChI is InChI=1S/C27H31N3O4/c1-3-19-10-13-22(14-11-19)34-25-21(18-20-8-5-4-6-9-20)12-15-23-24(28-25)29(2)27(33)30(26(23)32)16-7-17-31/h4-6,8-11,13-14,21,31H,3,7,12,15-18H2,1-2H3. The summed E-state index contributed by atoms with van der Waals surface area (Å²) in [4.78, 5) is 30.9. The highest BCUT2D eigenvalue weighted by Crippen LogP contribution is 2.28. The van der Waals surface area contributed by atoms with Crippen LogP contribution in [0.1, 0.15) is 36.5 Å². The molecule has 0 saturated carbocycles. The first-order valence-corrected chi connectivity index (χ1v) is 11.8. The van der Waals surface area contributed by atoms with Gasteiger partial charge in [-0.25, -0.2) is 4.79 Å². The molecule has 0 aliphatic carbocycles. The Morgan fingerprint density at radius 1 is 1.06 bits per heavy atom. The Bertz CT molecular complexity index is 1270. The van der Waals surface area contributed by atoms with Crippen molar-refractivity contribution in [2.24, 2.45) is 18.0 Å². The van der Waals surface area contributed by atoms with Gasteiger partial charge in [-0.05, 0) is 55.4 Å². The van der Waals surface area contributed by atoms with Crippen molar-refractivity contribution in [1.82, 2.24) is 9.13 Å². The van der Waals surface area contributed by atoms with Crippen molar-refractivity contribution in [2.75, 3.05) is 6.61 Å². The largest absolute Gasteiger partial charge is 0.443 e. The molecule has 0 amide bonds. The number of aliphatic imine (C=N–C) groups is 1. The van der Waals surface area contributed by atoms with Crippen LogP contribution >= 0.6 is 0 Å². The molecule has 1 aromatic heterocycles. The first-order valence-electron chi connectivity index (χ1n) is 11.8. The van der Waals surface area contributed by atoms with E-state index in [-0.39, 0.29) is 24.6 Å². The monoisotopic (exact) mass is 461 g/mol. The van der Waals surface area contributed by atoms with Gasteiger partial charge in [0.25, 0.3) is 5.56 Å². The van der Waals surface area contributed by atoms with Gasteiger partial charge in [-0.15, -0.1) is 0 Å². The first kappa shape index (κ1) is 23.7. The van der Waals surface area contributed by atoms with Crippen LogP contribution in [0, 0.1) is 5.92 Å². The average Bonchev–Trinajstić information content (AvgIpc) is 3.04. The van der Waals surface area contributed by atoms with Crippen molar-refractivity contribution < 1.29 is 9.84 Å². The lowest BCUT2D eigenvalue weighted by Gasteiger charge is -2.18. The highest BCUT2D eigenvalue weighted by Gasteiger charge is 2.27. The molecule has 7 nitrogen and oxygen atoms in total. The van der Waals surface area contributed by atoms with Crippen molar-refractivity contribution in [1.29, 1.82) is 0 Å². The van der Waals surface area contributed by atoms with Crippen LogP contribution < -0.4 is 16.0 Å². The number of hydrogen-bond acceptors (Lipinski definition) is 5. The number of nitrogens with zero attached hydrogens (tertiary/aromatic N) is 3. The summed E-state index contributed by atoms with van der Waals surface area (Å²) in [5.74, 6) is 1.49. The number of fused-ring (bicyclic) bond motifs is 1. The van der Waals surface area contributed by atoms with Crippen molar-refractivity contribution >= 4 is 11.7 Å². The third-order valence-corrected chi connectivity index (χ3v) is 6.34. The van der Waals surface area contributed by atoms with Gasteiger partial charge in [0.05, 0.1) is 5.56 Å². The van der Waals surface area contributed by atoms with Crippen LogP contribution in [0.4, 0.5) is 5.82 Å². The summed E-state index contributed by atoms with van der Waals surface area (Å²) in [6, 6.07) is 18.1. The maximum absolute atomic E-state index is 13.2. The predicted molar refractivity (Wildman–Crippen MR) is 133 cm³/mol. The minimum atomic E-state index is -0.436. The van der Waals surface area contributed by atoms with Crippen molar-refractivity contribution in [2.45, 2.75) is 45.6 Å². The van der Waals surface area contributed by atoms with E-state index in [2.05, 4.69) is 19.1 Å². The lowest BCUT2D eigenvalue weighted by Crippen LogP contribution is -2.41. The lowest BCUT2D eigenvalue weighted by atomic mass is 9.93. The maximum Gasteiger partial charge on any atom is 0.332 e. The topological polar surface area (TPSA) is 85.8 Å². The summed E-state index contributed by atoms with van der Waals surface area (Å²) >= 11 is 0. The molecule has 1 unspecified atom stereocenters. The van der Waals surface area contributed by atoms with E-state index in [0.717, 1.165) is 12.0 Å². The second-order valence-electron chi connectivity index (χ2n) is 8.65. The number of hydrogen-bond donors (Lipinski definition) is 1. The fourth-order valence-corrected chi connectivity index (χ4v) is 4.35. The molecule has 1 atom stereocenters. The molecule has 1 aliphatic rings. The zero-order valence-electron chi connectivity index (χ0n) is 19.7. The van der Waals surface area contributed by atoms with E-state index in [4.69, 9.17) is 9.73 Å². The lowest BCUT2D eigenvalue weighted by molar-refractivity contribution is 0.277. The van der Waals surface area contributed by atoms with Crippen LogP contribution in [-0.4, -0.2) is 26.7 Å². The second-order valence-corrected chi connectivity index (χ2v) is 8.65. The zero-order valence-corrected chi connectivity index (χ0v) is 19.7. The van der Waals surface area contributed by atoms with Crippen molar-refractivity contribution in [3.8, 4) is 5.75 Å². The third-order valence-electron chi connectivity index (χ3n) is 6.34. The first-order chi connectivity index (χ1) is 16.5. The highest BCUT2D eigenvalue weighted by atomic mass is 16.5. The van der Waals surface area contributed by atoms with Gasteiger partial charge < -0.3 is 9.84 Å². The molecule has 2 aromatic carbocycles. The van der Waals surface area contributed by atoms with Gasteiger partial charge in [0.1, 0.15) is 11.6 Å². The number of rotatable bonds is 7. The van der Waals surface area contributed by atoms with Crippen molar-refractivity contribution in [3.63, 3.8) is 0 Å². The molecule has 0 saturated heterocycles. The molecule has 1 aliphatic heterocycles. The average molecular weight is 462 g/mol. The van der Waals surface area contributed by atoms with Crippen LogP contribution in [0.25, 0.3) is 0 Å². The third kappa shape index (κ3) is 5.04. The van der Waals surface area contributed by atoms with Gasteiger partial charge in [0.15, 0.2) is 5.90 Å². The van der Waals surface area contributed by atoms with E-state index < -0.39 is 5.69 Å². The molecule has 7 heteroatoms. The molecular formula is C27H31N3O4. The predicted octanol–water partition coefficient (Wildman–Crippen LogP) is 3.41. The van der Waals surface area contributed by atoms with Crippen LogP contribution in [0.3, 0.4) is 0 Å². The Balaban J connectivity index is 1.78. The number of aromatic nitrogens is 2. The van der Waals surface area contributed by atoms with Crippen LogP contribution in [0.2, 0.25) is 0 Å². The number of aliphatic hydroxyl groups is 1. The minimum absolute atomic E-state index is 0.0546. The summed E-state index contributed by atoms with van der Waals surface area (Å²) in [5.41, 5.74) is 2.12. The molecule has 0 bridgehead atoms. The normalized spacial score (nSPS) is 15.4. The Morgan fingerprint density at radius 2 is 1.79 bits per heavy atom. The summed E-state index contributed by atoms with van der Waals surface area (Å²) in [5, 5.41) is 9.18. The summed E-state index contributed by atoms with van der Waals surface area (Å²) in [7, 11) is 1.63. The van der Waals surface area contributed by atoms with E-state index in [9.17, 15) is 14.7 Å². The fourth-order valence-electron chi connectivity index (χ4n) is 4.35. The molecule has 34 heavy (non-hydrogen) atoms. The minimum Gasteiger partial charge on any atom is -0.443 e. The van der Waals surface area contributed by atoms with Crippen LogP contribution in [-0.2, 0) is 32.9 Å². The quantitative estimate of drug-likeness (QED) is 0.584. The Morgan fingerprint density at radius 3 is 2.47 bits per heavy atom. The molecule has 1 N–H and O–H groups in total. The van der Waals surface area contributed by atoms with E-state index in [1.54, 1.807) is 7.05 Å². The van der Waals surface area contributed by atoms with Gasteiger partial charge in [-0.2, -0.15) is 4.99 Å². The Hall–Kier alpha value is -3.45. The number of aryl methyl sites for hydroxylation is 1. The fraction of sp³-hybridized carbons (Fsp3) is 0.370. The van der Waals surface area contributed by atoms with Gasteiger partial charge in [0, 0.05) is 26.1 Å². The number of aliphatic hydroxyl groups excluding tert-OH is 1. The molecule has 178 valence electrons. The SMILES string of the molecule is CCc1ccc(OC2=Nc3c(c(=O)n(CCCO)c(=O)n3C)CCC2Cc2ccccc2)cc1. The van der Waals surface area contributed by atoms with Crippen LogP contribution in [0.15, 0.2) is 69.2 Å². The van der Waals surface area contributed by atoms with Gasteiger partial charge in [0.2, 0.25) is 0 Å². The summed E-state index contributed by atoms with van der Waals surface area (Å²) in [6.07, 6.45) is 3.16. The summed E-state index contributed by atoms with van der Waals surface area (Å²) < 4.78 is 8.92. The number of benzene rings is 2. The molecule has 4 rings (SSSR count). The smallest absolute Gasteiger partial charge is 0.332 e. The van der Waals surface area contributed by atoms with Gasteiger partial charge in [-0.3, -0.25) is 13.9 Å². The van der Waals surface area contributed by atoms with E-state index in [0.29, 0.717) is 48.7 Å². The maximum atomic E-state index is 13.2. The Kier molecular flexibility index (Phi) is 7.43. The van der Waals surface area contributed by atoms with Gasteiger partial charge >= 0.3 is 5.69 Å². The van der Waals surface area contributed by atoms with E-state index >= 15 is 0 Å². The molecular weight excluding hydrogens is 430 g/mol. The Labute approximate surface area is 199 Å². The summed E-state index contributed by atoms with van der Waals surface area (Å²) in [6.45, 7) is 2.20. The molecule has 2 heterocycles. The van der Waals surface area contributed by atoms with Crippen molar-refractivity contribution in [3.05, 3.63) is 92.1 Å². The second kappa shape index (κ2) is 10.7. The molecule has 0 spiro atoms. The molecule has 3 aromatic rings. The van der Waals surface area contributed by atoms with Crippen LogP contribution in [0.5, 0.6) is 5.75 Å². The molecule has 0 radical (unpaired) electrons. The zero-order chi connectivity index (χ0) is 24.1. The molecule has 0 fully saturated rings. The number of ether oxygens (including phenoxy) is 1. The van der Waals surface area contributed by atoms with E-state index in [1.165, 1.54) is 14.7 Å². The highest BCUT2D eigenvalue weighted by molar-refractivity contribution is 5.84. The van der Waals surface area contributed by atoms with Gasteiger partial charge in [-0.1, -0.05) is 49.4 Å².